The quantitative estimate of drug-likeness (QED) is 0.807. The number of nitrogens with one attached hydrogen (secondary N) is 1. The molecule has 0 aliphatic carbocycles. The minimum Gasteiger partial charge on any atom is -0.396 e. The highest BCUT2D eigenvalue weighted by Crippen LogP contribution is 2.35. The third-order valence-corrected chi connectivity index (χ3v) is 3.00. The molecule has 0 atom stereocenters. The largest absolute Gasteiger partial charge is 0.396 e. The molecule has 0 spiro atoms. The van der Waals surface area contributed by atoms with Crippen molar-refractivity contribution >= 4 is 45.5 Å². The van der Waals surface area contributed by atoms with Crippen LogP contribution >= 0.6 is 23.2 Å². The van der Waals surface area contributed by atoms with E-state index in [-0.39, 0.29) is 0 Å². The molecule has 3 N–H and O–H groups in total. The van der Waals surface area contributed by atoms with Gasteiger partial charge >= 0.3 is 0 Å². The third-order valence-electron chi connectivity index (χ3n) is 2.21. The van der Waals surface area contributed by atoms with Crippen molar-refractivity contribution in [3.8, 4) is 0 Å². The third kappa shape index (κ3) is 1.58. The average Bonchev–Trinajstić information content (AvgIpc) is 2.23. The zero-order valence-corrected chi connectivity index (χ0v) is 9.52. The Balaban J connectivity index is 2.89. The Morgan fingerprint density at radius 2 is 2.07 bits per heavy atom. The topological polar surface area (TPSA) is 50.9 Å². The fourth-order valence-corrected chi connectivity index (χ4v) is 1.87. The molecule has 78 valence electrons. The van der Waals surface area contributed by atoms with Gasteiger partial charge in [-0.2, -0.15) is 0 Å². The van der Waals surface area contributed by atoms with Crippen LogP contribution in [-0.2, 0) is 0 Å². The van der Waals surface area contributed by atoms with E-state index >= 15 is 0 Å². The maximum Gasteiger partial charge on any atom is 0.0925 e. The highest BCUT2D eigenvalue weighted by molar-refractivity contribution is 6.45. The van der Waals surface area contributed by atoms with Crippen LogP contribution in [0, 0.1) is 0 Å². The smallest absolute Gasteiger partial charge is 0.0925 e. The molecule has 0 unspecified atom stereocenters. The summed E-state index contributed by atoms with van der Waals surface area (Å²) in [5, 5.41) is 4.82. The van der Waals surface area contributed by atoms with E-state index in [9.17, 15) is 0 Å². The number of pyridine rings is 1. The van der Waals surface area contributed by atoms with E-state index in [0.29, 0.717) is 21.2 Å². The van der Waals surface area contributed by atoms with Gasteiger partial charge in [-0.15, -0.1) is 0 Å². The number of aromatic nitrogens is 1. The molecule has 0 radical (unpaired) electrons. The Labute approximate surface area is 97.2 Å². The van der Waals surface area contributed by atoms with Crippen molar-refractivity contribution in [1.29, 1.82) is 0 Å². The van der Waals surface area contributed by atoms with Crippen molar-refractivity contribution in [2.75, 3.05) is 18.1 Å². The van der Waals surface area contributed by atoms with Crippen molar-refractivity contribution in [1.82, 2.24) is 4.98 Å². The maximum absolute atomic E-state index is 6.04. The maximum atomic E-state index is 6.04. The van der Waals surface area contributed by atoms with Crippen LogP contribution in [0.2, 0.25) is 10.0 Å². The lowest BCUT2D eigenvalue weighted by Crippen LogP contribution is -1.98. The van der Waals surface area contributed by atoms with Gasteiger partial charge in [-0.1, -0.05) is 23.2 Å². The summed E-state index contributed by atoms with van der Waals surface area (Å²) >= 11 is 11.9. The van der Waals surface area contributed by atoms with Crippen molar-refractivity contribution in [2.45, 2.75) is 0 Å². The first-order valence-corrected chi connectivity index (χ1v) is 5.10. The summed E-state index contributed by atoms with van der Waals surface area (Å²) in [5.74, 6) is 0. The van der Waals surface area contributed by atoms with Crippen LogP contribution in [0.5, 0.6) is 0 Å². The molecule has 0 saturated heterocycles. The van der Waals surface area contributed by atoms with Crippen LogP contribution in [0.1, 0.15) is 0 Å². The summed E-state index contributed by atoms with van der Waals surface area (Å²) in [5.41, 5.74) is 7.84. The first-order valence-electron chi connectivity index (χ1n) is 4.35. The molecule has 2 aromatic rings. The molecule has 15 heavy (non-hydrogen) atoms. The van der Waals surface area contributed by atoms with E-state index in [1.165, 1.54) is 0 Å². The van der Waals surface area contributed by atoms with E-state index in [4.69, 9.17) is 28.9 Å². The molecule has 0 amide bonds. The van der Waals surface area contributed by atoms with E-state index in [1.807, 2.05) is 6.07 Å². The van der Waals surface area contributed by atoms with Gasteiger partial charge in [0.15, 0.2) is 0 Å². The minimum absolute atomic E-state index is 0.450. The van der Waals surface area contributed by atoms with Crippen molar-refractivity contribution in [2.24, 2.45) is 0 Å². The molecule has 5 heteroatoms. The number of nitrogens with two attached hydrogens (primary N) is 1. The second-order valence-corrected chi connectivity index (χ2v) is 3.88. The highest BCUT2D eigenvalue weighted by Gasteiger charge is 2.10. The lowest BCUT2D eigenvalue weighted by molar-refractivity contribution is 1.40. The number of nitrogens with zero attached hydrogens (tertiary/aromatic N) is 1. The average molecular weight is 242 g/mol. The van der Waals surface area contributed by atoms with Crippen LogP contribution in [0.3, 0.4) is 0 Å². The van der Waals surface area contributed by atoms with E-state index < -0.39 is 0 Å². The summed E-state index contributed by atoms with van der Waals surface area (Å²) in [4.78, 5) is 4.17. The first kappa shape index (κ1) is 10.3. The highest BCUT2D eigenvalue weighted by atomic mass is 35.5. The number of hydrogen-bond acceptors (Lipinski definition) is 3. The molecule has 3 nitrogen and oxygen atoms in total. The Hall–Kier alpha value is -1.19. The SMILES string of the molecule is CNc1c(N)cnc2c(Cl)c(Cl)ccc12. The fraction of sp³-hybridized carbons (Fsp3) is 0.100. The number of fused-ring (bicyclic) bond motifs is 1. The summed E-state index contributed by atoms with van der Waals surface area (Å²) in [6, 6.07) is 3.58. The molecular weight excluding hydrogens is 233 g/mol. The van der Waals surface area contributed by atoms with Crippen molar-refractivity contribution < 1.29 is 0 Å². The second kappa shape index (κ2) is 3.76. The Morgan fingerprint density at radius 3 is 2.73 bits per heavy atom. The van der Waals surface area contributed by atoms with Crippen LogP contribution in [-0.4, -0.2) is 12.0 Å². The van der Waals surface area contributed by atoms with Crippen molar-refractivity contribution in [3.05, 3.63) is 28.4 Å². The molecule has 1 aromatic carbocycles. The number of rotatable bonds is 1. The molecule has 1 heterocycles. The predicted molar refractivity (Wildman–Crippen MR) is 65.7 cm³/mol. The van der Waals surface area contributed by atoms with Gasteiger partial charge in [-0.05, 0) is 12.1 Å². The van der Waals surface area contributed by atoms with Gasteiger partial charge in [-0.3, -0.25) is 4.98 Å². The lowest BCUT2D eigenvalue weighted by atomic mass is 10.1. The summed E-state index contributed by atoms with van der Waals surface area (Å²) in [6.45, 7) is 0. The monoisotopic (exact) mass is 241 g/mol. The molecule has 0 aliphatic rings. The summed E-state index contributed by atoms with van der Waals surface area (Å²) < 4.78 is 0. The van der Waals surface area contributed by atoms with Gasteiger partial charge in [-0.25, -0.2) is 0 Å². The molecule has 1 aromatic heterocycles. The van der Waals surface area contributed by atoms with Crippen LogP contribution < -0.4 is 11.1 Å². The minimum atomic E-state index is 0.450. The number of benzene rings is 1. The van der Waals surface area contributed by atoms with Gasteiger partial charge < -0.3 is 11.1 Å². The molecule has 0 fully saturated rings. The summed E-state index contributed by atoms with van der Waals surface area (Å²) in [7, 11) is 1.80. The van der Waals surface area contributed by atoms with Gasteiger partial charge in [0.1, 0.15) is 0 Å². The van der Waals surface area contributed by atoms with E-state index in [1.54, 1.807) is 19.3 Å². The number of anilines is 2. The zero-order valence-electron chi connectivity index (χ0n) is 8.01. The van der Waals surface area contributed by atoms with Gasteiger partial charge in [0.2, 0.25) is 0 Å². The number of nitrogen functional groups attached to an aromatic ring is 1. The molecule has 0 saturated carbocycles. The molecule has 0 bridgehead atoms. The van der Waals surface area contributed by atoms with E-state index in [2.05, 4.69) is 10.3 Å². The van der Waals surface area contributed by atoms with Gasteiger partial charge in [0.05, 0.1) is 33.1 Å². The predicted octanol–water partition coefficient (Wildman–Crippen LogP) is 3.17. The number of hydrogen-bond donors (Lipinski definition) is 2. The van der Waals surface area contributed by atoms with Gasteiger partial charge in [0, 0.05) is 12.4 Å². The Morgan fingerprint density at radius 1 is 1.33 bits per heavy atom. The number of halogens is 2. The summed E-state index contributed by atoms with van der Waals surface area (Å²) in [6.07, 6.45) is 1.57. The lowest BCUT2D eigenvalue weighted by Gasteiger charge is -2.09. The first-order chi connectivity index (χ1) is 7.15. The van der Waals surface area contributed by atoms with Gasteiger partial charge in [0.25, 0.3) is 0 Å². The normalized spacial score (nSPS) is 10.6. The van der Waals surface area contributed by atoms with Crippen molar-refractivity contribution in [3.63, 3.8) is 0 Å². The molecule has 2 rings (SSSR count). The Bertz CT molecular complexity index is 526. The second-order valence-electron chi connectivity index (χ2n) is 3.10. The fourth-order valence-electron chi connectivity index (χ4n) is 1.50. The molecule has 0 aliphatic heterocycles. The molecular formula is C10H9Cl2N3. The standard InChI is InChI=1S/C10H9Cl2N3/c1-14-9-5-2-3-6(11)8(12)10(5)15-4-7(9)13/h2-4H,13H2,1H3,(H,14,15). The zero-order chi connectivity index (χ0) is 11.0. The van der Waals surface area contributed by atoms with Crippen LogP contribution in [0.25, 0.3) is 10.9 Å². The van der Waals surface area contributed by atoms with E-state index in [0.717, 1.165) is 11.1 Å². The Kier molecular flexibility index (Phi) is 2.59. The van der Waals surface area contributed by atoms with Crippen LogP contribution in [0.4, 0.5) is 11.4 Å². The van der Waals surface area contributed by atoms with Crippen LogP contribution in [0.15, 0.2) is 18.3 Å².